The number of allylic oxidation sites excluding steroid dienone is 1. The molecule has 0 saturated heterocycles. The number of para-hydroxylation sites is 3. The summed E-state index contributed by atoms with van der Waals surface area (Å²) >= 11 is 0. The summed E-state index contributed by atoms with van der Waals surface area (Å²) in [6, 6.07) is 49.3. The first-order chi connectivity index (χ1) is 23.8. The number of benzene rings is 6. The van der Waals surface area contributed by atoms with Crippen molar-refractivity contribution < 1.29 is 0 Å². The molecule has 5 heteroatoms. The van der Waals surface area contributed by atoms with Crippen molar-refractivity contribution in [1.82, 2.24) is 24.1 Å². The summed E-state index contributed by atoms with van der Waals surface area (Å²) in [4.78, 5) is 15.5. The second kappa shape index (κ2) is 10.6. The smallest absolute Gasteiger partial charge is 0.238 e. The quantitative estimate of drug-likeness (QED) is 0.198. The molecule has 0 saturated carbocycles. The summed E-state index contributed by atoms with van der Waals surface area (Å²) in [5.41, 5.74) is 10.1. The second-order valence-electron chi connectivity index (χ2n) is 12.4. The van der Waals surface area contributed by atoms with Crippen LogP contribution in [0.5, 0.6) is 0 Å². The molecule has 1 aliphatic carbocycles. The van der Waals surface area contributed by atoms with Crippen LogP contribution >= 0.6 is 0 Å². The van der Waals surface area contributed by atoms with Crippen molar-refractivity contribution in [1.29, 1.82) is 0 Å². The van der Waals surface area contributed by atoms with Crippen LogP contribution in [0, 0.1) is 0 Å². The summed E-state index contributed by atoms with van der Waals surface area (Å²) in [5.74, 6) is 1.93. The first-order valence-corrected chi connectivity index (χ1v) is 16.4. The third-order valence-corrected chi connectivity index (χ3v) is 9.65. The standard InChI is InChI=1S/C43H29N5/c1-2-14-29(15-3-1)41-44-42(35-21-12-16-28-13-4-5-17-31(28)35)46-43(45-41)48-39-24-11-8-20-34(39)36-27-30(25-26-40(36)48)47-37-22-9-6-18-32(37)33-19-7-10-23-38(33)47/h1-3,5-12,14-27H,4,13H2. The highest BCUT2D eigenvalue weighted by atomic mass is 15.2. The van der Waals surface area contributed by atoms with Crippen LogP contribution < -0.4 is 0 Å². The predicted molar refractivity (Wildman–Crippen MR) is 197 cm³/mol. The Kier molecular flexibility index (Phi) is 5.93. The van der Waals surface area contributed by atoms with Crippen LogP contribution in [0.15, 0.2) is 146 Å². The van der Waals surface area contributed by atoms with Gasteiger partial charge in [0.05, 0.1) is 22.1 Å². The van der Waals surface area contributed by atoms with E-state index < -0.39 is 0 Å². The maximum atomic E-state index is 5.24. The Morgan fingerprint density at radius 2 is 1.10 bits per heavy atom. The number of nitrogens with zero attached hydrogens (tertiary/aromatic N) is 5. The zero-order chi connectivity index (χ0) is 31.6. The van der Waals surface area contributed by atoms with Gasteiger partial charge in [-0.15, -0.1) is 0 Å². The molecule has 0 radical (unpaired) electrons. The van der Waals surface area contributed by atoms with Crippen molar-refractivity contribution in [3.63, 3.8) is 0 Å². The fourth-order valence-corrected chi connectivity index (χ4v) is 7.48. The van der Waals surface area contributed by atoms with Crippen LogP contribution in [-0.4, -0.2) is 24.1 Å². The van der Waals surface area contributed by atoms with Gasteiger partial charge in [-0.25, -0.2) is 4.98 Å². The topological polar surface area (TPSA) is 48.5 Å². The van der Waals surface area contributed by atoms with Crippen LogP contribution in [0.3, 0.4) is 0 Å². The van der Waals surface area contributed by atoms with Gasteiger partial charge in [-0.2, -0.15) is 9.97 Å². The molecule has 6 aromatic carbocycles. The molecule has 5 nitrogen and oxygen atoms in total. The van der Waals surface area contributed by atoms with E-state index in [0.29, 0.717) is 17.6 Å². The van der Waals surface area contributed by atoms with Gasteiger partial charge in [0.15, 0.2) is 11.6 Å². The molecular weight excluding hydrogens is 587 g/mol. The second-order valence-corrected chi connectivity index (χ2v) is 12.4. The lowest BCUT2D eigenvalue weighted by atomic mass is 9.93. The summed E-state index contributed by atoms with van der Waals surface area (Å²) < 4.78 is 4.57. The Hall–Kier alpha value is -6.33. The van der Waals surface area contributed by atoms with E-state index in [0.717, 1.165) is 51.5 Å². The SMILES string of the molecule is C1=Cc2c(cccc2-c2nc(-c3ccccc3)nc(-n3c4ccccc4c4cc(-n5c6ccccc6c6ccccc65)ccc43)n2)CC1. The Morgan fingerprint density at radius 3 is 1.85 bits per heavy atom. The highest BCUT2D eigenvalue weighted by Gasteiger charge is 2.21. The number of fused-ring (bicyclic) bond motifs is 7. The Balaban J connectivity index is 1.24. The van der Waals surface area contributed by atoms with Gasteiger partial charge in [-0.3, -0.25) is 4.57 Å². The zero-order valence-corrected chi connectivity index (χ0v) is 26.1. The van der Waals surface area contributed by atoms with E-state index in [9.17, 15) is 0 Å². The third-order valence-electron chi connectivity index (χ3n) is 9.65. The van der Waals surface area contributed by atoms with E-state index in [1.165, 1.54) is 32.9 Å². The molecule has 1 aliphatic rings. The number of rotatable bonds is 4. The van der Waals surface area contributed by atoms with Crippen LogP contribution in [0.4, 0.5) is 0 Å². The maximum Gasteiger partial charge on any atom is 0.238 e. The van der Waals surface area contributed by atoms with E-state index in [1.807, 2.05) is 18.2 Å². The lowest BCUT2D eigenvalue weighted by molar-refractivity contribution is 0.948. The molecule has 0 atom stereocenters. The molecule has 0 N–H and O–H groups in total. The Morgan fingerprint density at radius 1 is 0.479 bits per heavy atom. The summed E-state index contributed by atoms with van der Waals surface area (Å²) in [7, 11) is 0. The average Bonchev–Trinajstić information content (AvgIpc) is 3.67. The molecular formula is C43H29N5. The van der Waals surface area contributed by atoms with Gasteiger partial charge in [0.2, 0.25) is 5.95 Å². The van der Waals surface area contributed by atoms with Gasteiger partial charge >= 0.3 is 0 Å². The number of hydrogen-bond donors (Lipinski definition) is 0. The van der Waals surface area contributed by atoms with Crippen molar-refractivity contribution >= 4 is 49.7 Å². The Bertz CT molecular complexity index is 2680. The van der Waals surface area contributed by atoms with E-state index >= 15 is 0 Å². The molecule has 0 unspecified atom stereocenters. The van der Waals surface area contributed by atoms with E-state index in [1.54, 1.807) is 0 Å². The molecule has 226 valence electrons. The predicted octanol–water partition coefficient (Wildman–Crippen LogP) is 10.4. The normalized spacial score (nSPS) is 12.8. The van der Waals surface area contributed by atoms with Gasteiger partial charge in [-0.1, -0.05) is 115 Å². The highest BCUT2D eigenvalue weighted by molar-refractivity contribution is 6.12. The van der Waals surface area contributed by atoms with E-state index in [4.69, 9.17) is 15.0 Å². The van der Waals surface area contributed by atoms with Crippen LogP contribution in [0.2, 0.25) is 0 Å². The van der Waals surface area contributed by atoms with Crippen molar-refractivity contribution in [2.45, 2.75) is 12.8 Å². The molecule has 48 heavy (non-hydrogen) atoms. The van der Waals surface area contributed by atoms with Crippen LogP contribution in [0.25, 0.3) is 84.1 Å². The monoisotopic (exact) mass is 615 g/mol. The lowest BCUT2D eigenvalue weighted by Crippen LogP contribution is -2.07. The highest BCUT2D eigenvalue weighted by Crippen LogP contribution is 2.37. The van der Waals surface area contributed by atoms with Gasteiger partial charge in [0.1, 0.15) is 0 Å². The fourth-order valence-electron chi connectivity index (χ4n) is 7.48. The largest absolute Gasteiger partial charge is 0.309 e. The summed E-state index contributed by atoms with van der Waals surface area (Å²) in [6.07, 6.45) is 6.53. The molecule has 0 spiro atoms. The van der Waals surface area contributed by atoms with Crippen molar-refractivity contribution in [3.8, 4) is 34.4 Å². The number of aryl methyl sites for hydroxylation is 1. The first-order valence-electron chi connectivity index (χ1n) is 16.4. The lowest BCUT2D eigenvalue weighted by Gasteiger charge is -2.16. The minimum Gasteiger partial charge on any atom is -0.309 e. The molecule has 0 aliphatic heterocycles. The van der Waals surface area contributed by atoms with E-state index in [-0.39, 0.29) is 0 Å². The minimum absolute atomic E-state index is 0.604. The zero-order valence-electron chi connectivity index (χ0n) is 26.1. The molecule has 3 heterocycles. The summed E-state index contributed by atoms with van der Waals surface area (Å²) in [6.45, 7) is 0. The van der Waals surface area contributed by atoms with Crippen LogP contribution in [0.1, 0.15) is 17.5 Å². The molecule has 0 bridgehead atoms. The number of hydrogen-bond acceptors (Lipinski definition) is 3. The average molecular weight is 616 g/mol. The van der Waals surface area contributed by atoms with Gasteiger partial charge in [0, 0.05) is 38.4 Å². The third kappa shape index (κ3) is 4.07. The first kappa shape index (κ1) is 26.8. The van der Waals surface area contributed by atoms with Crippen molar-refractivity contribution in [2.75, 3.05) is 0 Å². The van der Waals surface area contributed by atoms with Crippen LogP contribution in [-0.2, 0) is 6.42 Å². The number of aromatic nitrogens is 5. The van der Waals surface area contributed by atoms with Crippen molar-refractivity contribution in [2.24, 2.45) is 0 Å². The fraction of sp³-hybridized carbons (Fsp3) is 0.0465. The van der Waals surface area contributed by atoms with E-state index in [2.05, 4.69) is 143 Å². The minimum atomic E-state index is 0.604. The Labute approximate surface area is 277 Å². The molecule has 10 rings (SSSR count). The maximum absolute atomic E-state index is 5.24. The molecule has 9 aromatic rings. The molecule has 0 amide bonds. The van der Waals surface area contributed by atoms with Gasteiger partial charge in [0.25, 0.3) is 0 Å². The van der Waals surface area contributed by atoms with Crippen molar-refractivity contribution in [3.05, 3.63) is 157 Å². The molecule has 3 aromatic heterocycles. The van der Waals surface area contributed by atoms with Gasteiger partial charge < -0.3 is 4.57 Å². The van der Waals surface area contributed by atoms with Gasteiger partial charge in [-0.05, 0) is 60.4 Å². The summed E-state index contributed by atoms with van der Waals surface area (Å²) in [5, 5.41) is 4.80. The molecule has 0 fully saturated rings.